The third-order valence-corrected chi connectivity index (χ3v) is 8.01. The number of rotatable bonds is 14. The standard InChI is InChI=1S/C35H44F2N4O4/c1-23(42)22-39-33(44)30(20-25-14-16-28(36)29(37)19-25)41(6)34(45)31(40(5)32(43)12-9-17-35(2,3)38-4)21-24-13-15-26-10-7-8-11-27(26)18-24/h7-16,18-19,23,30-31,38,42H,17,20-22H2,1-6H3,(H,39,44)/t23-,30-,31-/m1/s1. The van der Waals surface area contributed by atoms with Crippen LogP contribution in [0.25, 0.3) is 10.8 Å². The first-order valence-electron chi connectivity index (χ1n) is 15.0. The minimum Gasteiger partial charge on any atom is -0.392 e. The molecule has 3 atom stereocenters. The Morgan fingerprint density at radius 3 is 2.16 bits per heavy atom. The van der Waals surface area contributed by atoms with E-state index in [0.29, 0.717) is 12.0 Å². The molecule has 3 amide bonds. The molecule has 0 bridgehead atoms. The molecule has 3 aromatic carbocycles. The lowest BCUT2D eigenvalue weighted by Crippen LogP contribution is -2.56. The zero-order valence-electron chi connectivity index (χ0n) is 26.8. The Kier molecular flexibility index (Phi) is 12.3. The average Bonchev–Trinajstić information content (AvgIpc) is 3.01. The normalized spacial score (nSPS) is 13.8. The molecule has 0 spiro atoms. The highest BCUT2D eigenvalue weighted by Crippen LogP contribution is 2.21. The molecule has 3 N–H and O–H groups in total. The lowest BCUT2D eigenvalue weighted by Gasteiger charge is -2.34. The highest BCUT2D eigenvalue weighted by Gasteiger charge is 2.35. The number of aliphatic hydroxyl groups is 1. The summed E-state index contributed by atoms with van der Waals surface area (Å²) in [7, 11) is 4.83. The molecule has 0 aliphatic carbocycles. The molecule has 0 aliphatic rings. The minimum absolute atomic E-state index is 0.0676. The summed E-state index contributed by atoms with van der Waals surface area (Å²) in [6.45, 7) is 5.44. The van der Waals surface area contributed by atoms with E-state index in [-0.39, 0.29) is 30.8 Å². The molecule has 0 saturated carbocycles. The van der Waals surface area contributed by atoms with E-state index in [9.17, 15) is 28.3 Å². The monoisotopic (exact) mass is 622 g/mol. The van der Waals surface area contributed by atoms with Crippen molar-refractivity contribution < 1.29 is 28.3 Å². The molecule has 0 heterocycles. The SMILES string of the molecule is CNC(C)(C)CC=CC(=O)N(C)[C@H](Cc1ccc2ccccc2c1)C(=O)N(C)[C@H](Cc1ccc(F)c(F)c1)C(=O)NC[C@@H](C)O. The molecule has 0 aliphatic heterocycles. The number of halogens is 2. The van der Waals surface area contributed by atoms with Crippen LogP contribution in [0.1, 0.15) is 38.3 Å². The Labute approximate surface area is 264 Å². The molecule has 0 fully saturated rings. The second-order valence-corrected chi connectivity index (χ2v) is 12.1. The van der Waals surface area contributed by atoms with E-state index in [0.717, 1.165) is 28.5 Å². The van der Waals surface area contributed by atoms with Crippen molar-refractivity contribution in [2.75, 3.05) is 27.7 Å². The highest BCUT2D eigenvalue weighted by molar-refractivity contribution is 5.95. The number of benzene rings is 3. The molecular formula is C35H44F2N4O4. The molecule has 0 saturated heterocycles. The predicted molar refractivity (Wildman–Crippen MR) is 172 cm³/mol. The molecule has 0 aromatic heterocycles. The maximum Gasteiger partial charge on any atom is 0.246 e. The fraction of sp³-hybridized carbons (Fsp3) is 0.400. The number of carbonyl (C=O) groups excluding carboxylic acids is 3. The summed E-state index contributed by atoms with van der Waals surface area (Å²) < 4.78 is 27.7. The Morgan fingerprint density at radius 2 is 1.51 bits per heavy atom. The number of hydrogen-bond acceptors (Lipinski definition) is 5. The van der Waals surface area contributed by atoms with Crippen LogP contribution in [0.2, 0.25) is 0 Å². The lowest BCUT2D eigenvalue weighted by molar-refractivity contribution is -0.146. The van der Waals surface area contributed by atoms with E-state index in [1.54, 1.807) is 13.1 Å². The Hall–Kier alpha value is -4.15. The number of nitrogens with zero attached hydrogens (tertiary/aromatic N) is 2. The van der Waals surface area contributed by atoms with Crippen LogP contribution < -0.4 is 10.6 Å². The highest BCUT2D eigenvalue weighted by atomic mass is 19.2. The van der Waals surface area contributed by atoms with Crippen LogP contribution in [0.4, 0.5) is 8.78 Å². The largest absolute Gasteiger partial charge is 0.392 e. The van der Waals surface area contributed by atoms with Crippen LogP contribution in [-0.4, -0.2) is 84.0 Å². The van der Waals surface area contributed by atoms with Crippen molar-refractivity contribution in [2.45, 2.75) is 63.8 Å². The van der Waals surface area contributed by atoms with Gasteiger partial charge in [-0.3, -0.25) is 14.4 Å². The van der Waals surface area contributed by atoms with Gasteiger partial charge in [-0.05, 0) is 74.3 Å². The molecule has 8 nitrogen and oxygen atoms in total. The van der Waals surface area contributed by atoms with E-state index in [1.807, 2.05) is 63.4 Å². The summed E-state index contributed by atoms with van der Waals surface area (Å²) in [5.41, 5.74) is 0.884. The first kappa shape index (κ1) is 35.3. The number of hydrogen-bond donors (Lipinski definition) is 3. The fourth-order valence-electron chi connectivity index (χ4n) is 4.86. The Balaban J connectivity index is 1.97. The minimum atomic E-state index is -1.14. The zero-order chi connectivity index (χ0) is 33.3. The smallest absolute Gasteiger partial charge is 0.246 e. The first-order chi connectivity index (χ1) is 21.2. The van der Waals surface area contributed by atoms with Crippen molar-refractivity contribution in [3.63, 3.8) is 0 Å². The number of nitrogens with one attached hydrogen (secondary N) is 2. The summed E-state index contributed by atoms with van der Waals surface area (Å²) >= 11 is 0. The summed E-state index contributed by atoms with van der Waals surface area (Å²) in [6, 6.07) is 14.8. The predicted octanol–water partition coefficient (Wildman–Crippen LogP) is 4.00. The maximum atomic E-state index is 14.3. The third-order valence-electron chi connectivity index (χ3n) is 8.01. The number of aliphatic hydroxyl groups excluding tert-OH is 1. The third kappa shape index (κ3) is 9.92. The van der Waals surface area contributed by atoms with Gasteiger partial charge in [-0.2, -0.15) is 0 Å². The molecule has 10 heteroatoms. The van der Waals surface area contributed by atoms with E-state index < -0.39 is 41.6 Å². The fourth-order valence-corrected chi connectivity index (χ4v) is 4.86. The van der Waals surface area contributed by atoms with Crippen LogP contribution in [0, 0.1) is 11.6 Å². The van der Waals surface area contributed by atoms with Gasteiger partial charge in [0.15, 0.2) is 11.6 Å². The number of carbonyl (C=O) groups is 3. The van der Waals surface area contributed by atoms with Gasteiger partial charge in [0.25, 0.3) is 0 Å². The van der Waals surface area contributed by atoms with Crippen molar-refractivity contribution in [1.29, 1.82) is 0 Å². The van der Waals surface area contributed by atoms with E-state index in [1.165, 1.54) is 35.9 Å². The van der Waals surface area contributed by atoms with Crippen molar-refractivity contribution in [3.8, 4) is 0 Å². The van der Waals surface area contributed by atoms with Crippen LogP contribution in [0.15, 0.2) is 72.8 Å². The molecule has 242 valence electrons. The van der Waals surface area contributed by atoms with Gasteiger partial charge in [-0.1, -0.05) is 54.6 Å². The van der Waals surface area contributed by atoms with Gasteiger partial charge >= 0.3 is 0 Å². The molecular weight excluding hydrogens is 578 g/mol. The zero-order valence-corrected chi connectivity index (χ0v) is 26.8. The van der Waals surface area contributed by atoms with Crippen LogP contribution in [0.5, 0.6) is 0 Å². The molecule has 3 aromatic rings. The van der Waals surface area contributed by atoms with E-state index in [2.05, 4.69) is 10.6 Å². The summed E-state index contributed by atoms with van der Waals surface area (Å²) in [5.74, 6) is -3.57. The van der Waals surface area contributed by atoms with E-state index >= 15 is 0 Å². The molecule has 0 unspecified atom stereocenters. The van der Waals surface area contributed by atoms with Gasteiger partial charge in [-0.15, -0.1) is 0 Å². The second kappa shape index (κ2) is 15.7. The Morgan fingerprint density at radius 1 is 0.889 bits per heavy atom. The number of fused-ring (bicyclic) bond motifs is 1. The summed E-state index contributed by atoms with van der Waals surface area (Å²) in [4.78, 5) is 43.6. The van der Waals surface area contributed by atoms with Crippen LogP contribution >= 0.6 is 0 Å². The van der Waals surface area contributed by atoms with Crippen LogP contribution in [-0.2, 0) is 27.2 Å². The van der Waals surface area contributed by atoms with Gasteiger partial charge in [-0.25, -0.2) is 8.78 Å². The topological polar surface area (TPSA) is 102 Å². The van der Waals surface area contributed by atoms with Gasteiger partial charge in [0.05, 0.1) is 6.10 Å². The van der Waals surface area contributed by atoms with Crippen molar-refractivity contribution in [3.05, 3.63) is 95.6 Å². The second-order valence-electron chi connectivity index (χ2n) is 12.1. The number of likely N-dealkylation sites (N-methyl/N-ethyl adjacent to an activating group) is 2. The van der Waals surface area contributed by atoms with E-state index in [4.69, 9.17) is 0 Å². The van der Waals surface area contributed by atoms with Crippen molar-refractivity contribution in [1.82, 2.24) is 20.4 Å². The first-order valence-corrected chi connectivity index (χ1v) is 15.0. The van der Waals surface area contributed by atoms with Gasteiger partial charge < -0.3 is 25.5 Å². The van der Waals surface area contributed by atoms with Gasteiger partial charge in [0.1, 0.15) is 12.1 Å². The summed E-state index contributed by atoms with van der Waals surface area (Å²) in [5, 5.41) is 17.6. The Bertz CT molecular complexity index is 1520. The molecule has 0 radical (unpaired) electrons. The molecule has 3 rings (SSSR count). The quantitative estimate of drug-likeness (QED) is 0.236. The van der Waals surface area contributed by atoms with Gasteiger partial charge in [0, 0.05) is 39.0 Å². The van der Waals surface area contributed by atoms with Crippen molar-refractivity contribution in [2.24, 2.45) is 0 Å². The lowest BCUT2D eigenvalue weighted by atomic mass is 9.98. The number of amides is 3. The van der Waals surface area contributed by atoms with Gasteiger partial charge in [0.2, 0.25) is 17.7 Å². The van der Waals surface area contributed by atoms with Crippen LogP contribution in [0.3, 0.4) is 0 Å². The molecule has 45 heavy (non-hydrogen) atoms. The summed E-state index contributed by atoms with van der Waals surface area (Å²) in [6.07, 6.45) is 2.97. The maximum absolute atomic E-state index is 14.3. The average molecular weight is 623 g/mol. The van der Waals surface area contributed by atoms with Crippen molar-refractivity contribution >= 4 is 28.5 Å².